The predicted molar refractivity (Wildman–Crippen MR) is 67.6 cm³/mol. The molecule has 0 aliphatic heterocycles. The molecule has 1 N–H and O–H groups in total. The zero-order chi connectivity index (χ0) is 11.4. The van der Waals surface area contributed by atoms with Gasteiger partial charge in [0, 0.05) is 12.7 Å². The highest BCUT2D eigenvalue weighted by Gasteiger charge is 2.07. The SMILES string of the molecule is CC(C)CNCc1nnc(-c2cncs2)s1. The van der Waals surface area contributed by atoms with Gasteiger partial charge < -0.3 is 5.32 Å². The number of hydrogen-bond acceptors (Lipinski definition) is 6. The molecule has 2 aromatic heterocycles. The number of rotatable bonds is 5. The van der Waals surface area contributed by atoms with Gasteiger partial charge in [-0.1, -0.05) is 25.2 Å². The van der Waals surface area contributed by atoms with Gasteiger partial charge in [0.25, 0.3) is 0 Å². The van der Waals surface area contributed by atoms with Crippen LogP contribution in [-0.2, 0) is 6.54 Å². The normalized spacial score (nSPS) is 11.2. The van der Waals surface area contributed by atoms with Crippen LogP contribution in [0, 0.1) is 5.92 Å². The van der Waals surface area contributed by atoms with Crippen LogP contribution in [0.4, 0.5) is 0 Å². The summed E-state index contributed by atoms with van der Waals surface area (Å²) in [7, 11) is 0. The second kappa shape index (κ2) is 5.47. The van der Waals surface area contributed by atoms with Gasteiger partial charge in [0.15, 0.2) is 5.01 Å². The molecule has 0 unspecified atom stereocenters. The first-order chi connectivity index (χ1) is 7.75. The minimum absolute atomic E-state index is 0.661. The topological polar surface area (TPSA) is 50.7 Å². The first-order valence-electron chi connectivity index (χ1n) is 5.17. The van der Waals surface area contributed by atoms with Crippen molar-refractivity contribution in [2.45, 2.75) is 20.4 Å². The molecule has 0 saturated carbocycles. The van der Waals surface area contributed by atoms with Crippen molar-refractivity contribution < 1.29 is 0 Å². The molecule has 0 saturated heterocycles. The molecule has 6 heteroatoms. The number of nitrogens with zero attached hydrogens (tertiary/aromatic N) is 3. The molecule has 2 aromatic rings. The lowest BCUT2D eigenvalue weighted by Gasteiger charge is -2.03. The lowest BCUT2D eigenvalue weighted by atomic mass is 10.2. The maximum absolute atomic E-state index is 4.16. The van der Waals surface area contributed by atoms with Gasteiger partial charge in [-0.3, -0.25) is 4.98 Å². The van der Waals surface area contributed by atoms with Crippen molar-refractivity contribution in [3.8, 4) is 9.88 Å². The Kier molecular flexibility index (Phi) is 3.98. The average Bonchev–Trinajstić information content (AvgIpc) is 2.85. The van der Waals surface area contributed by atoms with Crippen LogP contribution in [0.5, 0.6) is 0 Å². The van der Waals surface area contributed by atoms with Crippen LogP contribution in [-0.4, -0.2) is 21.7 Å². The van der Waals surface area contributed by atoms with E-state index in [0.717, 1.165) is 28.0 Å². The van der Waals surface area contributed by atoms with Crippen molar-refractivity contribution in [3.63, 3.8) is 0 Å². The van der Waals surface area contributed by atoms with Crippen LogP contribution < -0.4 is 5.32 Å². The van der Waals surface area contributed by atoms with Crippen LogP contribution in [0.1, 0.15) is 18.9 Å². The largest absolute Gasteiger partial charge is 0.310 e. The highest BCUT2D eigenvalue weighted by molar-refractivity contribution is 7.20. The van der Waals surface area contributed by atoms with Gasteiger partial charge in [0.1, 0.15) is 5.01 Å². The molecule has 0 amide bonds. The van der Waals surface area contributed by atoms with E-state index in [1.54, 1.807) is 22.7 Å². The van der Waals surface area contributed by atoms with Crippen LogP contribution in [0.3, 0.4) is 0 Å². The predicted octanol–water partition coefficient (Wildman–Crippen LogP) is 2.41. The molecule has 2 heterocycles. The molecular formula is C10H14N4S2. The minimum Gasteiger partial charge on any atom is -0.310 e. The highest BCUT2D eigenvalue weighted by atomic mass is 32.1. The molecule has 0 radical (unpaired) electrons. The fraction of sp³-hybridized carbons (Fsp3) is 0.500. The molecule has 0 fully saturated rings. The Bertz CT molecular complexity index is 422. The molecular weight excluding hydrogens is 240 g/mol. The summed E-state index contributed by atoms with van der Waals surface area (Å²) < 4.78 is 0. The summed E-state index contributed by atoms with van der Waals surface area (Å²) in [5, 5.41) is 13.7. The van der Waals surface area contributed by atoms with Gasteiger partial charge in [-0.2, -0.15) is 0 Å². The van der Waals surface area contributed by atoms with E-state index in [2.05, 4.69) is 34.3 Å². The third kappa shape index (κ3) is 3.07. The third-order valence-electron chi connectivity index (χ3n) is 1.94. The summed E-state index contributed by atoms with van der Waals surface area (Å²) >= 11 is 3.22. The number of thiazole rings is 1. The fourth-order valence-electron chi connectivity index (χ4n) is 1.21. The summed E-state index contributed by atoms with van der Waals surface area (Å²) in [5.41, 5.74) is 1.81. The van der Waals surface area contributed by atoms with E-state index in [1.165, 1.54) is 0 Å². The maximum Gasteiger partial charge on any atom is 0.159 e. The molecule has 86 valence electrons. The van der Waals surface area contributed by atoms with Crippen molar-refractivity contribution in [2.75, 3.05) is 6.54 Å². The first-order valence-corrected chi connectivity index (χ1v) is 6.87. The van der Waals surface area contributed by atoms with E-state index >= 15 is 0 Å². The zero-order valence-corrected chi connectivity index (χ0v) is 10.9. The standard InChI is InChI=1S/C10H14N4S2/c1-7(2)3-11-5-9-13-14-10(16-9)8-4-12-6-15-8/h4,6-7,11H,3,5H2,1-2H3. The molecule has 2 rings (SSSR count). The molecule has 0 aliphatic rings. The Morgan fingerprint density at radius 1 is 1.38 bits per heavy atom. The monoisotopic (exact) mass is 254 g/mol. The number of aromatic nitrogens is 3. The van der Waals surface area contributed by atoms with Gasteiger partial charge in [0.2, 0.25) is 0 Å². The summed E-state index contributed by atoms with van der Waals surface area (Å²) in [5.74, 6) is 0.661. The van der Waals surface area contributed by atoms with Crippen molar-refractivity contribution in [1.29, 1.82) is 0 Å². The minimum atomic E-state index is 0.661. The Hall–Kier alpha value is -0.850. The summed E-state index contributed by atoms with van der Waals surface area (Å²) in [6.07, 6.45) is 1.83. The van der Waals surface area contributed by atoms with E-state index in [0.29, 0.717) is 5.92 Å². The smallest absolute Gasteiger partial charge is 0.159 e. The van der Waals surface area contributed by atoms with E-state index in [9.17, 15) is 0 Å². The molecule has 0 aliphatic carbocycles. The van der Waals surface area contributed by atoms with Gasteiger partial charge in [-0.15, -0.1) is 21.5 Å². The first kappa shape index (κ1) is 11.6. The highest BCUT2D eigenvalue weighted by Crippen LogP contribution is 2.26. The summed E-state index contributed by atoms with van der Waals surface area (Å²) in [4.78, 5) is 5.13. The van der Waals surface area contributed by atoms with E-state index < -0.39 is 0 Å². The molecule has 16 heavy (non-hydrogen) atoms. The van der Waals surface area contributed by atoms with Crippen LogP contribution >= 0.6 is 22.7 Å². The van der Waals surface area contributed by atoms with Crippen molar-refractivity contribution in [3.05, 3.63) is 16.7 Å². The quantitative estimate of drug-likeness (QED) is 0.890. The number of hydrogen-bond donors (Lipinski definition) is 1. The van der Waals surface area contributed by atoms with Crippen LogP contribution in [0.15, 0.2) is 11.7 Å². The van der Waals surface area contributed by atoms with E-state index in [-0.39, 0.29) is 0 Å². The second-order valence-corrected chi connectivity index (χ2v) is 5.84. The lowest BCUT2D eigenvalue weighted by molar-refractivity contribution is 0.550. The van der Waals surface area contributed by atoms with Crippen molar-refractivity contribution >= 4 is 22.7 Å². The van der Waals surface area contributed by atoms with Crippen molar-refractivity contribution in [1.82, 2.24) is 20.5 Å². The number of nitrogens with one attached hydrogen (secondary N) is 1. The molecule has 0 atom stereocenters. The van der Waals surface area contributed by atoms with E-state index in [1.807, 2.05) is 11.7 Å². The van der Waals surface area contributed by atoms with Crippen molar-refractivity contribution in [2.24, 2.45) is 5.92 Å². The molecule has 4 nitrogen and oxygen atoms in total. The van der Waals surface area contributed by atoms with Crippen LogP contribution in [0.2, 0.25) is 0 Å². The Morgan fingerprint density at radius 2 is 2.25 bits per heavy atom. The molecule has 0 spiro atoms. The van der Waals surface area contributed by atoms with Gasteiger partial charge >= 0.3 is 0 Å². The third-order valence-corrected chi connectivity index (χ3v) is 3.80. The fourth-order valence-corrected chi connectivity index (χ4v) is 2.70. The molecule has 0 aromatic carbocycles. The maximum atomic E-state index is 4.16. The second-order valence-electron chi connectivity index (χ2n) is 3.89. The lowest BCUT2D eigenvalue weighted by Crippen LogP contribution is -2.18. The Labute approximate surface area is 103 Å². The summed E-state index contributed by atoms with van der Waals surface area (Å²) in [6, 6.07) is 0. The van der Waals surface area contributed by atoms with Gasteiger partial charge in [-0.05, 0) is 12.5 Å². The Morgan fingerprint density at radius 3 is 2.94 bits per heavy atom. The zero-order valence-electron chi connectivity index (χ0n) is 9.30. The molecule has 0 bridgehead atoms. The van der Waals surface area contributed by atoms with Gasteiger partial charge in [-0.25, -0.2) is 0 Å². The summed E-state index contributed by atoms with van der Waals surface area (Å²) in [6.45, 7) is 6.19. The Balaban J connectivity index is 1.93. The van der Waals surface area contributed by atoms with Gasteiger partial charge in [0.05, 0.1) is 10.4 Å². The van der Waals surface area contributed by atoms with Crippen LogP contribution in [0.25, 0.3) is 9.88 Å². The van der Waals surface area contributed by atoms with E-state index in [4.69, 9.17) is 0 Å². The average molecular weight is 254 g/mol.